The van der Waals surface area contributed by atoms with E-state index in [1.165, 1.54) is 11.1 Å². The molecule has 0 saturated heterocycles. The Morgan fingerprint density at radius 2 is 1.86 bits per heavy atom. The van der Waals surface area contributed by atoms with Gasteiger partial charge in [0.15, 0.2) is 5.96 Å². The maximum atomic E-state index is 5.11. The molecule has 1 aromatic carbocycles. The highest BCUT2D eigenvalue weighted by atomic mass is 16.5. The summed E-state index contributed by atoms with van der Waals surface area (Å²) in [6.07, 6.45) is 2.16. The molecule has 0 aliphatic rings. The minimum Gasteiger partial charge on any atom is -0.383 e. The zero-order valence-corrected chi connectivity index (χ0v) is 14.6. The quantitative estimate of drug-likeness (QED) is 0.441. The Labute approximate surface area is 135 Å². The summed E-state index contributed by atoms with van der Waals surface area (Å²) in [5.74, 6) is 1.43. The van der Waals surface area contributed by atoms with Crippen LogP contribution in [-0.2, 0) is 11.2 Å². The van der Waals surface area contributed by atoms with Crippen LogP contribution in [0, 0.1) is 0 Å². The first-order chi connectivity index (χ1) is 10.6. The molecule has 0 amide bonds. The first-order valence-electron chi connectivity index (χ1n) is 8.11. The van der Waals surface area contributed by atoms with Crippen molar-refractivity contribution in [3.8, 4) is 0 Å². The highest BCUT2D eigenvalue weighted by molar-refractivity contribution is 5.79. The van der Waals surface area contributed by atoms with Crippen molar-refractivity contribution >= 4 is 5.96 Å². The van der Waals surface area contributed by atoms with Crippen molar-refractivity contribution in [2.45, 2.75) is 45.6 Å². The van der Waals surface area contributed by atoms with E-state index in [-0.39, 0.29) is 6.04 Å². The molecule has 0 fully saturated rings. The molecule has 1 atom stereocenters. The third-order valence-corrected chi connectivity index (χ3v) is 3.60. The first-order valence-corrected chi connectivity index (χ1v) is 8.11. The van der Waals surface area contributed by atoms with Gasteiger partial charge in [0.1, 0.15) is 0 Å². The van der Waals surface area contributed by atoms with Crippen molar-refractivity contribution in [2.24, 2.45) is 4.99 Å². The third kappa shape index (κ3) is 6.94. The van der Waals surface area contributed by atoms with E-state index in [1.807, 2.05) is 0 Å². The van der Waals surface area contributed by atoms with E-state index >= 15 is 0 Å². The number of nitrogens with zero attached hydrogens (tertiary/aromatic N) is 1. The topological polar surface area (TPSA) is 45.7 Å². The summed E-state index contributed by atoms with van der Waals surface area (Å²) < 4.78 is 5.11. The van der Waals surface area contributed by atoms with Gasteiger partial charge in [0.2, 0.25) is 0 Å². The molecular formula is C18H31N3O. The zero-order valence-electron chi connectivity index (χ0n) is 14.6. The summed E-state index contributed by atoms with van der Waals surface area (Å²) in [5, 5.41) is 6.64. The highest BCUT2D eigenvalue weighted by Gasteiger charge is 2.04. The normalized spacial score (nSPS) is 13.3. The van der Waals surface area contributed by atoms with Crippen molar-refractivity contribution in [1.29, 1.82) is 0 Å². The number of hydrogen-bond acceptors (Lipinski definition) is 2. The Kier molecular flexibility index (Phi) is 8.60. The summed E-state index contributed by atoms with van der Waals surface area (Å²) in [4.78, 5) is 4.22. The van der Waals surface area contributed by atoms with Crippen molar-refractivity contribution < 1.29 is 4.74 Å². The number of benzene rings is 1. The molecule has 0 spiro atoms. The predicted molar refractivity (Wildman–Crippen MR) is 94.7 cm³/mol. The molecule has 0 heterocycles. The van der Waals surface area contributed by atoms with Gasteiger partial charge in [0, 0.05) is 26.7 Å². The number of aryl methyl sites for hydroxylation is 1. The van der Waals surface area contributed by atoms with Crippen molar-refractivity contribution in [2.75, 3.05) is 27.3 Å². The predicted octanol–water partition coefficient (Wildman–Crippen LogP) is 2.94. The number of ether oxygens (including phenoxy) is 1. The Morgan fingerprint density at radius 1 is 1.18 bits per heavy atom. The average Bonchev–Trinajstić information content (AvgIpc) is 2.51. The van der Waals surface area contributed by atoms with Gasteiger partial charge in [-0.1, -0.05) is 38.1 Å². The summed E-state index contributed by atoms with van der Waals surface area (Å²) in [7, 11) is 3.50. The van der Waals surface area contributed by atoms with Crippen LogP contribution in [0.5, 0.6) is 0 Å². The van der Waals surface area contributed by atoms with E-state index in [0.717, 1.165) is 25.3 Å². The van der Waals surface area contributed by atoms with Gasteiger partial charge < -0.3 is 15.4 Å². The number of hydrogen-bond donors (Lipinski definition) is 2. The second-order valence-corrected chi connectivity index (χ2v) is 6.00. The molecule has 0 radical (unpaired) electrons. The van der Waals surface area contributed by atoms with E-state index in [0.29, 0.717) is 12.5 Å². The summed E-state index contributed by atoms with van der Waals surface area (Å²) in [6.45, 7) is 8.10. The van der Waals surface area contributed by atoms with Crippen LogP contribution in [0.4, 0.5) is 0 Å². The number of methoxy groups -OCH3 is 1. The second kappa shape index (κ2) is 10.2. The van der Waals surface area contributed by atoms with Crippen LogP contribution in [0.3, 0.4) is 0 Å². The van der Waals surface area contributed by atoms with Gasteiger partial charge in [0.25, 0.3) is 0 Å². The summed E-state index contributed by atoms with van der Waals surface area (Å²) in [6, 6.07) is 9.20. The summed E-state index contributed by atoms with van der Waals surface area (Å²) >= 11 is 0. The molecule has 0 aromatic heterocycles. The molecule has 124 valence electrons. The number of guanidine groups is 1. The van der Waals surface area contributed by atoms with Gasteiger partial charge in [-0.2, -0.15) is 0 Å². The molecule has 1 aromatic rings. The van der Waals surface area contributed by atoms with Crippen LogP contribution < -0.4 is 10.6 Å². The third-order valence-electron chi connectivity index (χ3n) is 3.60. The molecule has 0 aliphatic heterocycles. The molecule has 4 heteroatoms. The van der Waals surface area contributed by atoms with Gasteiger partial charge in [-0.25, -0.2) is 0 Å². The van der Waals surface area contributed by atoms with E-state index in [1.54, 1.807) is 14.2 Å². The van der Waals surface area contributed by atoms with Crippen molar-refractivity contribution in [1.82, 2.24) is 10.6 Å². The fraction of sp³-hybridized carbons (Fsp3) is 0.611. The molecule has 0 saturated carbocycles. The highest BCUT2D eigenvalue weighted by Crippen LogP contribution is 2.15. The summed E-state index contributed by atoms with van der Waals surface area (Å²) in [5.41, 5.74) is 2.79. The zero-order chi connectivity index (χ0) is 16.4. The lowest BCUT2D eigenvalue weighted by atomic mass is 10.0. The van der Waals surface area contributed by atoms with E-state index in [2.05, 4.69) is 60.7 Å². The van der Waals surface area contributed by atoms with Crippen molar-refractivity contribution in [3.63, 3.8) is 0 Å². The Bertz CT molecular complexity index is 440. The smallest absolute Gasteiger partial charge is 0.191 e. The lowest BCUT2D eigenvalue weighted by molar-refractivity contribution is 0.179. The number of rotatable bonds is 8. The van der Waals surface area contributed by atoms with E-state index in [9.17, 15) is 0 Å². The Morgan fingerprint density at radius 3 is 2.41 bits per heavy atom. The average molecular weight is 305 g/mol. The molecule has 2 N–H and O–H groups in total. The van der Waals surface area contributed by atoms with E-state index in [4.69, 9.17) is 4.74 Å². The Balaban J connectivity index is 2.28. The molecule has 0 aliphatic carbocycles. The number of aliphatic imine (C=N–C) groups is 1. The standard InChI is InChI=1S/C18H31N3O/c1-14(2)17-10-8-16(9-11-17)7-6-12-20-18(19-4)21-15(3)13-22-5/h8-11,14-15H,6-7,12-13H2,1-5H3,(H2,19,20,21). The van der Waals surface area contributed by atoms with Crippen LogP contribution in [0.25, 0.3) is 0 Å². The molecule has 1 unspecified atom stereocenters. The minimum atomic E-state index is 0.250. The lowest BCUT2D eigenvalue weighted by Crippen LogP contribution is -2.44. The van der Waals surface area contributed by atoms with Crippen LogP contribution in [0.2, 0.25) is 0 Å². The molecule has 4 nitrogen and oxygen atoms in total. The monoisotopic (exact) mass is 305 g/mol. The second-order valence-electron chi connectivity index (χ2n) is 6.00. The maximum Gasteiger partial charge on any atom is 0.191 e. The minimum absolute atomic E-state index is 0.250. The SMILES string of the molecule is CN=C(NCCCc1ccc(C(C)C)cc1)NC(C)COC. The van der Waals surface area contributed by atoms with Crippen LogP contribution in [-0.4, -0.2) is 39.3 Å². The van der Waals surface area contributed by atoms with Crippen LogP contribution in [0.15, 0.2) is 29.3 Å². The van der Waals surface area contributed by atoms with Crippen LogP contribution >= 0.6 is 0 Å². The molecular weight excluding hydrogens is 274 g/mol. The number of nitrogens with one attached hydrogen (secondary N) is 2. The molecule has 22 heavy (non-hydrogen) atoms. The van der Waals surface area contributed by atoms with Crippen LogP contribution in [0.1, 0.15) is 44.2 Å². The first kappa shape index (κ1) is 18.5. The fourth-order valence-corrected chi connectivity index (χ4v) is 2.29. The van der Waals surface area contributed by atoms with E-state index < -0.39 is 0 Å². The van der Waals surface area contributed by atoms with Crippen molar-refractivity contribution in [3.05, 3.63) is 35.4 Å². The molecule has 1 rings (SSSR count). The van der Waals surface area contributed by atoms with Gasteiger partial charge in [-0.3, -0.25) is 4.99 Å². The van der Waals surface area contributed by atoms with Gasteiger partial charge in [-0.05, 0) is 36.8 Å². The van der Waals surface area contributed by atoms with Gasteiger partial charge >= 0.3 is 0 Å². The largest absolute Gasteiger partial charge is 0.383 e. The lowest BCUT2D eigenvalue weighted by Gasteiger charge is -2.17. The van der Waals surface area contributed by atoms with Gasteiger partial charge in [0.05, 0.1) is 6.61 Å². The maximum absolute atomic E-state index is 5.11. The molecule has 0 bridgehead atoms. The fourth-order valence-electron chi connectivity index (χ4n) is 2.29. The Hall–Kier alpha value is -1.55. The van der Waals surface area contributed by atoms with Gasteiger partial charge in [-0.15, -0.1) is 0 Å².